The highest BCUT2D eigenvalue weighted by Gasteiger charge is 2.20. The minimum atomic E-state index is -1.26. The zero-order valence-electron chi connectivity index (χ0n) is 18.7. The second-order valence-corrected chi connectivity index (χ2v) is 6.81. The Balaban J connectivity index is 0.000000337. The number of para-hydroxylation sites is 1. The number of nitrogens with zero attached hydrogens (tertiary/aromatic N) is 1. The third-order valence-corrected chi connectivity index (χ3v) is 4.16. The molecule has 0 bridgehead atoms. The van der Waals surface area contributed by atoms with E-state index >= 15 is 0 Å². The molecule has 2 aromatic rings. The summed E-state index contributed by atoms with van der Waals surface area (Å²) in [6.07, 6.45) is 2.23. The van der Waals surface area contributed by atoms with Crippen LogP contribution in [-0.2, 0) is 19.2 Å². The van der Waals surface area contributed by atoms with Crippen LogP contribution in [0.3, 0.4) is 0 Å². The molecule has 0 radical (unpaired) electrons. The molecular weight excluding hydrogens is 477 g/mol. The molecule has 1 heterocycles. The summed E-state index contributed by atoms with van der Waals surface area (Å²) in [6.45, 7) is 1.03. The van der Waals surface area contributed by atoms with Crippen LogP contribution in [0.1, 0.15) is 11.1 Å². The van der Waals surface area contributed by atoms with Gasteiger partial charge in [0.2, 0.25) is 0 Å². The zero-order chi connectivity index (χ0) is 27.1. The first-order valence-electron chi connectivity index (χ1n) is 10.2. The molecule has 3 rings (SSSR count). The van der Waals surface area contributed by atoms with Gasteiger partial charge in [0.15, 0.2) is 0 Å². The molecular formula is C24H24FN3O8. The van der Waals surface area contributed by atoms with Crippen molar-refractivity contribution < 1.29 is 44.0 Å². The molecule has 7 N–H and O–H groups in total. The Bertz CT molecular complexity index is 1110. The predicted octanol–water partition coefficient (Wildman–Crippen LogP) is 1.84. The highest BCUT2D eigenvalue weighted by Crippen LogP contribution is 2.24. The van der Waals surface area contributed by atoms with Crippen molar-refractivity contribution in [3.8, 4) is 0 Å². The van der Waals surface area contributed by atoms with Crippen molar-refractivity contribution in [2.75, 3.05) is 18.4 Å². The van der Waals surface area contributed by atoms with Gasteiger partial charge in [0.1, 0.15) is 5.82 Å². The summed E-state index contributed by atoms with van der Waals surface area (Å²) in [5.74, 6) is -5.29. The van der Waals surface area contributed by atoms with E-state index in [1.807, 2.05) is 30.3 Å². The van der Waals surface area contributed by atoms with Gasteiger partial charge in [0, 0.05) is 47.7 Å². The maximum Gasteiger partial charge on any atom is 0.328 e. The predicted molar refractivity (Wildman–Crippen MR) is 129 cm³/mol. The summed E-state index contributed by atoms with van der Waals surface area (Å²) in [6, 6.07) is 14.6. The van der Waals surface area contributed by atoms with Gasteiger partial charge in [-0.25, -0.2) is 23.6 Å². The Labute approximate surface area is 204 Å². The number of hydrogen-bond acceptors (Lipinski definition) is 7. The number of carboxylic acids is 4. The second-order valence-electron chi connectivity index (χ2n) is 6.81. The molecule has 0 aliphatic carbocycles. The third kappa shape index (κ3) is 10.9. The van der Waals surface area contributed by atoms with E-state index in [1.54, 1.807) is 12.1 Å². The van der Waals surface area contributed by atoms with Crippen LogP contribution in [0.4, 0.5) is 10.1 Å². The smallest absolute Gasteiger partial charge is 0.328 e. The summed E-state index contributed by atoms with van der Waals surface area (Å²) in [5, 5.41) is 34.6. The van der Waals surface area contributed by atoms with Crippen LogP contribution in [0.25, 0.3) is 0 Å². The van der Waals surface area contributed by atoms with Gasteiger partial charge >= 0.3 is 23.9 Å². The molecule has 0 fully saturated rings. The molecule has 1 aliphatic heterocycles. The summed E-state index contributed by atoms with van der Waals surface area (Å²) >= 11 is 0. The number of aliphatic imine (C=N–C) groups is 1. The van der Waals surface area contributed by atoms with Crippen molar-refractivity contribution in [2.24, 2.45) is 10.7 Å². The number of nitrogens with one attached hydrogen (secondary N) is 1. The molecule has 1 atom stereocenters. The Morgan fingerprint density at radius 1 is 0.833 bits per heavy atom. The SMILES string of the molecule is NCC1CN=C(c2ccccc2F)c2ccccc2N1.O=C(O)/C=C\C(=O)O.O=C(O)/C=C\C(=O)O. The molecule has 0 spiro atoms. The number of carboxylic acid groups (broad SMARTS) is 4. The Morgan fingerprint density at radius 2 is 1.28 bits per heavy atom. The van der Waals surface area contributed by atoms with Crippen molar-refractivity contribution >= 4 is 35.3 Å². The van der Waals surface area contributed by atoms with Crippen LogP contribution >= 0.6 is 0 Å². The number of halogens is 1. The Kier molecular flexibility index (Phi) is 12.3. The van der Waals surface area contributed by atoms with Crippen molar-refractivity contribution in [3.63, 3.8) is 0 Å². The van der Waals surface area contributed by atoms with E-state index < -0.39 is 23.9 Å². The molecule has 11 nitrogen and oxygen atoms in total. The van der Waals surface area contributed by atoms with Crippen molar-refractivity contribution in [1.29, 1.82) is 0 Å². The fourth-order valence-corrected chi connectivity index (χ4v) is 2.67. The minimum Gasteiger partial charge on any atom is -0.478 e. The summed E-state index contributed by atoms with van der Waals surface area (Å²) < 4.78 is 14.1. The number of rotatable bonds is 6. The van der Waals surface area contributed by atoms with Gasteiger partial charge < -0.3 is 31.5 Å². The highest BCUT2D eigenvalue weighted by atomic mass is 19.1. The van der Waals surface area contributed by atoms with Crippen molar-refractivity contribution in [2.45, 2.75) is 6.04 Å². The maximum atomic E-state index is 14.1. The lowest BCUT2D eigenvalue weighted by Gasteiger charge is -2.15. The lowest BCUT2D eigenvalue weighted by molar-refractivity contribution is -0.134. The number of hydrogen-bond donors (Lipinski definition) is 6. The molecule has 1 unspecified atom stereocenters. The lowest BCUT2D eigenvalue weighted by Crippen LogP contribution is -2.31. The van der Waals surface area contributed by atoms with Crippen LogP contribution in [0.5, 0.6) is 0 Å². The number of aliphatic carboxylic acids is 4. The van der Waals surface area contributed by atoms with Crippen molar-refractivity contribution in [3.05, 3.63) is 89.8 Å². The van der Waals surface area contributed by atoms with Crippen LogP contribution < -0.4 is 11.1 Å². The van der Waals surface area contributed by atoms with Gasteiger partial charge in [-0.05, 0) is 18.2 Å². The molecule has 12 heteroatoms. The number of carbonyl (C=O) groups is 4. The Hall–Kier alpha value is -4.84. The van der Waals surface area contributed by atoms with E-state index in [1.165, 1.54) is 6.07 Å². The highest BCUT2D eigenvalue weighted by molar-refractivity contribution is 6.16. The topological polar surface area (TPSA) is 200 Å². The standard InChI is InChI=1S/C16H16FN3.2C4H4O4/c17-14-7-3-1-5-12(14)16-13-6-2-4-8-15(13)20-11(9-18)10-19-16;2*5-3(6)1-2-4(7)8/h1-8,11,20H,9-10,18H2;2*1-2H,(H,5,6)(H,7,8)/b;2*2-1-. The Morgan fingerprint density at radius 3 is 1.72 bits per heavy atom. The third-order valence-electron chi connectivity index (χ3n) is 4.16. The number of anilines is 1. The van der Waals surface area contributed by atoms with Crippen LogP contribution in [-0.4, -0.2) is 69.1 Å². The first-order valence-corrected chi connectivity index (χ1v) is 10.2. The van der Waals surface area contributed by atoms with Crippen LogP contribution in [0, 0.1) is 5.82 Å². The number of fused-ring (bicyclic) bond motifs is 1. The second kappa shape index (κ2) is 15.1. The van der Waals surface area contributed by atoms with Gasteiger partial charge in [-0.2, -0.15) is 0 Å². The summed E-state index contributed by atoms with van der Waals surface area (Å²) in [5.41, 5.74) is 8.81. The first kappa shape index (κ1) is 29.2. The van der Waals surface area contributed by atoms with Crippen LogP contribution in [0.15, 0.2) is 77.8 Å². The van der Waals surface area contributed by atoms with E-state index in [9.17, 15) is 23.6 Å². The van der Waals surface area contributed by atoms with Crippen LogP contribution in [0.2, 0.25) is 0 Å². The molecule has 2 aromatic carbocycles. The van der Waals surface area contributed by atoms with E-state index in [2.05, 4.69) is 10.3 Å². The summed E-state index contributed by atoms with van der Waals surface area (Å²) in [7, 11) is 0. The molecule has 190 valence electrons. The quantitative estimate of drug-likeness (QED) is 0.317. The molecule has 0 saturated heterocycles. The average molecular weight is 501 g/mol. The van der Waals surface area contributed by atoms with E-state index in [4.69, 9.17) is 26.2 Å². The first-order chi connectivity index (χ1) is 17.0. The molecule has 0 saturated carbocycles. The van der Waals surface area contributed by atoms with Gasteiger partial charge in [-0.1, -0.05) is 30.3 Å². The molecule has 36 heavy (non-hydrogen) atoms. The molecule has 0 aromatic heterocycles. The van der Waals surface area contributed by atoms with E-state index in [0.29, 0.717) is 48.7 Å². The molecule has 0 amide bonds. The molecule has 1 aliphatic rings. The number of nitrogens with two attached hydrogens (primary N) is 1. The van der Waals surface area contributed by atoms with Gasteiger partial charge in [0.25, 0.3) is 0 Å². The minimum absolute atomic E-state index is 0.0698. The summed E-state index contributed by atoms with van der Waals surface area (Å²) in [4.78, 5) is 42.8. The fraction of sp³-hybridized carbons (Fsp3) is 0.125. The van der Waals surface area contributed by atoms with Gasteiger partial charge in [0.05, 0.1) is 18.3 Å². The van der Waals surface area contributed by atoms with E-state index in [-0.39, 0.29) is 11.9 Å². The van der Waals surface area contributed by atoms with Crippen molar-refractivity contribution in [1.82, 2.24) is 0 Å². The number of benzodiazepines with no additional fused rings is 1. The monoisotopic (exact) mass is 501 g/mol. The van der Waals surface area contributed by atoms with E-state index in [0.717, 1.165) is 11.3 Å². The average Bonchev–Trinajstić information content (AvgIpc) is 3.02. The maximum absolute atomic E-state index is 14.1. The number of benzene rings is 2. The van der Waals surface area contributed by atoms with Gasteiger partial charge in [-0.3, -0.25) is 4.99 Å². The zero-order valence-corrected chi connectivity index (χ0v) is 18.7. The fourth-order valence-electron chi connectivity index (χ4n) is 2.67. The van der Waals surface area contributed by atoms with Gasteiger partial charge in [-0.15, -0.1) is 0 Å². The normalized spacial score (nSPS) is 14.1. The lowest BCUT2D eigenvalue weighted by atomic mass is 10.0. The largest absolute Gasteiger partial charge is 0.478 e.